The van der Waals surface area contributed by atoms with E-state index in [1.54, 1.807) is 0 Å². The zero-order chi connectivity index (χ0) is 15.8. The molecule has 1 amide bonds. The van der Waals surface area contributed by atoms with Gasteiger partial charge in [0.25, 0.3) is 5.91 Å². The molecule has 0 saturated carbocycles. The molecular weight excluding hydrogens is 276 g/mol. The molecule has 1 heterocycles. The van der Waals surface area contributed by atoms with Crippen LogP contribution in [0.5, 0.6) is 5.75 Å². The molecule has 0 aliphatic carbocycles. The number of amides is 1. The summed E-state index contributed by atoms with van der Waals surface area (Å²) in [7, 11) is 2.17. The second-order valence-electron chi connectivity index (χ2n) is 6.16. The molecule has 1 aliphatic rings. The molecule has 0 spiro atoms. The van der Waals surface area contributed by atoms with Gasteiger partial charge >= 0.3 is 0 Å². The first-order valence-electron chi connectivity index (χ1n) is 8.38. The fourth-order valence-electron chi connectivity index (χ4n) is 2.77. The van der Waals surface area contributed by atoms with Crippen LogP contribution in [0.4, 0.5) is 0 Å². The fraction of sp³-hybridized carbons (Fsp3) is 0.611. The Balaban J connectivity index is 1.70. The van der Waals surface area contributed by atoms with Gasteiger partial charge in [-0.15, -0.1) is 0 Å². The van der Waals surface area contributed by atoms with Gasteiger partial charge < -0.3 is 15.0 Å². The smallest absolute Gasteiger partial charge is 0.251 e. The Bertz CT molecular complexity index is 451. The van der Waals surface area contributed by atoms with Gasteiger partial charge in [0.2, 0.25) is 0 Å². The average molecular weight is 304 g/mol. The van der Waals surface area contributed by atoms with Crippen molar-refractivity contribution in [2.75, 3.05) is 33.3 Å². The maximum atomic E-state index is 12.1. The van der Waals surface area contributed by atoms with Crippen LogP contribution in [0.15, 0.2) is 24.3 Å². The number of ether oxygens (including phenoxy) is 1. The molecule has 0 unspecified atom stereocenters. The second kappa shape index (κ2) is 8.79. The quantitative estimate of drug-likeness (QED) is 0.842. The number of likely N-dealkylation sites (tertiary alicyclic amines) is 1. The van der Waals surface area contributed by atoms with Gasteiger partial charge in [-0.3, -0.25) is 4.79 Å². The Kier molecular flexibility index (Phi) is 6.72. The number of carbonyl (C=O) groups excluding carboxylic acids is 1. The van der Waals surface area contributed by atoms with Crippen molar-refractivity contribution < 1.29 is 9.53 Å². The van der Waals surface area contributed by atoms with Crippen molar-refractivity contribution in [2.24, 2.45) is 5.92 Å². The summed E-state index contributed by atoms with van der Waals surface area (Å²) < 4.78 is 5.52. The summed E-state index contributed by atoms with van der Waals surface area (Å²) in [6.07, 6.45) is 4.56. The van der Waals surface area contributed by atoms with E-state index >= 15 is 0 Å². The fourth-order valence-corrected chi connectivity index (χ4v) is 2.77. The highest BCUT2D eigenvalue weighted by atomic mass is 16.5. The highest BCUT2D eigenvalue weighted by molar-refractivity contribution is 5.94. The largest absolute Gasteiger partial charge is 0.494 e. The molecule has 1 aliphatic heterocycles. The van der Waals surface area contributed by atoms with Gasteiger partial charge in [-0.05, 0) is 76.0 Å². The molecule has 1 saturated heterocycles. The van der Waals surface area contributed by atoms with Gasteiger partial charge in [-0.25, -0.2) is 0 Å². The number of hydrogen-bond donors (Lipinski definition) is 1. The van der Waals surface area contributed by atoms with Gasteiger partial charge in [-0.2, -0.15) is 0 Å². The van der Waals surface area contributed by atoms with E-state index in [1.807, 2.05) is 24.3 Å². The van der Waals surface area contributed by atoms with E-state index in [-0.39, 0.29) is 5.91 Å². The van der Waals surface area contributed by atoms with Crippen LogP contribution in [0.1, 0.15) is 43.0 Å². The number of carbonyl (C=O) groups is 1. The molecule has 122 valence electrons. The summed E-state index contributed by atoms with van der Waals surface area (Å²) in [5.74, 6) is 1.58. The normalized spacial score (nSPS) is 16.5. The Labute approximate surface area is 133 Å². The first-order chi connectivity index (χ1) is 10.7. The van der Waals surface area contributed by atoms with E-state index in [4.69, 9.17) is 4.74 Å². The maximum Gasteiger partial charge on any atom is 0.251 e. The minimum atomic E-state index is 0.00923. The Hall–Kier alpha value is -1.55. The summed E-state index contributed by atoms with van der Waals surface area (Å²) >= 11 is 0. The van der Waals surface area contributed by atoms with Gasteiger partial charge in [-0.1, -0.05) is 6.92 Å². The molecule has 1 fully saturated rings. The van der Waals surface area contributed by atoms with E-state index in [0.717, 1.165) is 31.1 Å². The van der Waals surface area contributed by atoms with Crippen molar-refractivity contribution in [3.63, 3.8) is 0 Å². The van der Waals surface area contributed by atoms with Crippen molar-refractivity contribution in [3.8, 4) is 5.75 Å². The van der Waals surface area contributed by atoms with Gasteiger partial charge in [0.05, 0.1) is 6.61 Å². The van der Waals surface area contributed by atoms with Gasteiger partial charge in [0.15, 0.2) is 0 Å². The van der Waals surface area contributed by atoms with Crippen LogP contribution < -0.4 is 10.1 Å². The molecule has 1 aromatic carbocycles. The van der Waals surface area contributed by atoms with Crippen molar-refractivity contribution in [3.05, 3.63) is 29.8 Å². The Morgan fingerprint density at radius 2 is 1.95 bits per heavy atom. The molecule has 0 radical (unpaired) electrons. The zero-order valence-corrected chi connectivity index (χ0v) is 13.8. The molecule has 2 rings (SSSR count). The summed E-state index contributed by atoms with van der Waals surface area (Å²) in [6, 6.07) is 7.38. The predicted molar refractivity (Wildman–Crippen MR) is 89.4 cm³/mol. The lowest BCUT2D eigenvalue weighted by Crippen LogP contribution is -2.32. The topological polar surface area (TPSA) is 41.6 Å². The monoisotopic (exact) mass is 304 g/mol. The predicted octanol–water partition coefficient (Wildman–Crippen LogP) is 2.94. The number of nitrogens with zero attached hydrogens (tertiary/aromatic N) is 1. The van der Waals surface area contributed by atoms with E-state index < -0.39 is 0 Å². The lowest BCUT2D eigenvalue weighted by molar-refractivity contribution is 0.0949. The molecule has 22 heavy (non-hydrogen) atoms. The van der Waals surface area contributed by atoms with E-state index in [0.29, 0.717) is 12.2 Å². The zero-order valence-electron chi connectivity index (χ0n) is 13.8. The first kappa shape index (κ1) is 16.8. The third-order valence-corrected chi connectivity index (χ3v) is 4.27. The number of piperidine rings is 1. The minimum absolute atomic E-state index is 0.00923. The second-order valence-corrected chi connectivity index (χ2v) is 6.16. The lowest BCUT2D eigenvalue weighted by atomic mass is 9.94. The molecule has 4 heteroatoms. The van der Waals surface area contributed by atoms with Crippen LogP contribution in [-0.4, -0.2) is 44.1 Å². The molecule has 4 nitrogen and oxygen atoms in total. The minimum Gasteiger partial charge on any atom is -0.494 e. The highest BCUT2D eigenvalue weighted by Gasteiger charge is 2.16. The van der Waals surface area contributed by atoms with Crippen LogP contribution in [-0.2, 0) is 0 Å². The summed E-state index contributed by atoms with van der Waals surface area (Å²) in [4.78, 5) is 14.5. The molecule has 1 N–H and O–H groups in total. The Morgan fingerprint density at radius 1 is 1.27 bits per heavy atom. The highest BCUT2D eigenvalue weighted by Crippen LogP contribution is 2.19. The summed E-state index contributed by atoms with van der Waals surface area (Å²) in [5, 5.41) is 3.03. The molecule has 0 bridgehead atoms. The SMILES string of the molecule is CCCOc1ccc(C(=O)NCCC2CCN(C)CC2)cc1. The third kappa shape index (κ3) is 5.34. The first-order valence-corrected chi connectivity index (χ1v) is 8.38. The van der Waals surface area contributed by atoms with Crippen LogP contribution in [0.25, 0.3) is 0 Å². The van der Waals surface area contributed by atoms with Crippen LogP contribution in [0, 0.1) is 5.92 Å². The van der Waals surface area contributed by atoms with Gasteiger partial charge in [0, 0.05) is 12.1 Å². The van der Waals surface area contributed by atoms with Crippen molar-refractivity contribution in [1.29, 1.82) is 0 Å². The standard InChI is InChI=1S/C18H28N2O2/c1-3-14-22-17-6-4-16(5-7-17)18(21)19-11-8-15-9-12-20(2)13-10-15/h4-7,15H,3,8-14H2,1-2H3,(H,19,21). The third-order valence-electron chi connectivity index (χ3n) is 4.27. The Morgan fingerprint density at radius 3 is 2.59 bits per heavy atom. The summed E-state index contributed by atoms with van der Waals surface area (Å²) in [5.41, 5.74) is 0.701. The number of rotatable bonds is 7. The van der Waals surface area contributed by atoms with Gasteiger partial charge in [0.1, 0.15) is 5.75 Å². The van der Waals surface area contributed by atoms with Crippen molar-refractivity contribution in [2.45, 2.75) is 32.6 Å². The lowest BCUT2D eigenvalue weighted by Gasteiger charge is -2.28. The van der Waals surface area contributed by atoms with Crippen molar-refractivity contribution in [1.82, 2.24) is 10.2 Å². The average Bonchev–Trinajstić information content (AvgIpc) is 2.55. The van der Waals surface area contributed by atoms with E-state index in [9.17, 15) is 4.79 Å². The van der Waals surface area contributed by atoms with Crippen LogP contribution >= 0.6 is 0 Å². The van der Waals surface area contributed by atoms with E-state index in [1.165, 1.54) is 25.9 Å². The number of benzene rings is 1. The van der Waals surface area contributed by atoms with Crippen molar-refractivity contribution >= 4 is 5.91 Å². The number of hydrogen-bond acceptors (Lipinski definition) is 3. The maximum absolute atomic E-state index is 12.1. The summed E-state index contributed by atoms with van der Waals surface area (Å²) in [6.45, 7) is 5.91. The van der Waals surface area contributed by atoms with Crippen LogP contribution in [0.2, 0.25) is 0 Å². The van der Waals surface area contributed by atoms with E-state index in [2.05, 4.69) is 24.2 Å². The molecule has 0 atom stereocenters. The molecule has 0 aromatic heterocycles. The molecule has 1 aromatic rings. The number of nitrogens with one attached hydrogen (secondary N) is 1. The van der Waals surface area contributed by atoms with Crippen LogP contribution in [0.3, 0.4) is 0 Å². The molecular formula is C18H28N2O2.